The molecule has 0 aromatic heterocycles. The first-order valence-electron chi connectivity index (χ1n) is 4.17. The molecule has 0 saturated carbocycles. The Hall–Kier alpha value is -0.870. The van der Waals surface area contributed by atoms with Gasteiger partial charge in [0.25, 0.3) is 0 Å². The third kappa shape index (κ3) is 4.65. The van der Waals surface area contributed by atoms with E-state index in [0.717, 1.165) is 0 Å². The summed E-state index contributed by atoms with van der Waals surface area (Å²) in [6.45, 7) is 3.54. The quantitative estimate of drug-likeness (QED) is 0.499. The van der Waals surface area contributed by atoms with Crippen LogP contribution in [0.2, 0.25) is 0 Å². The van der Waals surface area contributed by atoms with Gasteiger partial charge in [-0.3, -0.25) is 4.79 Å². The van der Waals surface area contributed by atoms with E-state index in [1.807, 2.05) is 0 Å². The lowest BCUT2D eigenvalue weighted by Crippen LogP contribution is -2.22. The highest BCUT2D eigenvalue weighted by atomic mass is 16.6. The summed E-state index contributed by atoms with van der Waals surface area (Å²) in [5.41, 5.74) is 0.270. The van der Waals surface area contributed by atoms with Crippen molar-refractivity contribution >= 4 is 5.78 Å². The zero-order valence-electron chi connectivity index (χ0n) is 8.57. The maximum atomic E-state index is 11.1. The van der Waals surface area contributed by atoms with E-state index in [1.54, 1.807) is 32.1 Å². The molecule has 0 saturated heterocycles. The summed E-state index contributed by atoms with van der Waals surface area (Å²) in [4.78, 5) is 12.8. The van der Waals surface area contributed by atoms with Gasteiger partial charge in [-0.15, -0.1) is 0 Å². The number of ketones is 1. The number of hydrogen-bond donors (Lipinski definition) is 1. The standard InChI is InChI=1S/C9H17NO3/c1-5-13-9(12)8(7(2)11)6-10(3)4/h6,9,12H,5H2,1-4H3. The van der Waals surface area contributed by atoms with Crippen molar-refractivity contribution in [3.05, 3.63) is 11.8 Å². The van der Waals surface area contributed by atoms with E-state index in [-0.39, 0.29) is 11.4 Å². The van der Waals surface area contributed by atoms with Crippen LogP contribution in [0.5, 0.6) is 0 Å². The maximum absolute atomic E-state index is 11.1. The lowest BCUT2D eigenvalue weighted by molar-refractivity contribution is -0.120. The summed E-state index contributed by atoms with van der Waals surface area (Å²) in [5.74, 6) is -0.186. The van der Waals surface area contributed by atoms with Crippen LogP contribution in [-0.2, 0) is 9.53 Å². The highest BCUT2D eigenvalue weighted by Crippen LogP contribution is 2.06. The number of aliphatic hydroxyl groups is 1. The van der Waals surface area contributed by atoms with Gasteiger partial charge in [0.05, 0.1) is 5.57 Å². The van der Waals surface area contributed by atoms with Gasteiger partial charge in [-0.05, 0) is 13.8 Å². The van der Waals surface area contributed by atoms with Crippen molar-refractivity contribution in [1.29, 1.82) is 0 Å². The SMILES string of the molecule is CCOC(O)C(=CN(C)C)C(C)=O. The summed E-state index contributed by atoms with van der Waals surface area (Å²) in [6, 6.07) is 0. The molecule has 1 atom stereocenters. The molecule has 0 aliphatic carbocycles. The van der Waals surface area contributed by atoms with Gasteiger partial charge in [0, 0.05) is 26.9 Å². The lowest BCUT2D eigenvalue weighted by Gasteiger charge is -2.15. The molecule has 0 amide bonds. The Bertz CT molecular complexity index is 199. The van der Waals surface area contributed by atoms with Crippen LogP contribution in [-0.4, -0.2) is 42.8 Å². The summed E-state index contributed by atoms with van der Waals surface area (Å²) < 4.78 is 4.91. The molecule has 0 bridgehead atoms. The van der Waals surface area contributed by atoms with Gasteiger partial charge in [-0.25, -0.2) is 0 Å². The molecule has 4 nitrogen and oxygen atoms in total. The van der Waals surface area contributed by atoms with Gasteiger partial charge in [-0.1, -0.05) is 0 Å². The normalized spacial score (nSPS) is 14.1. The Morgan fingerprint density at radius 1 is 1.62 bits per heavy atom. The zero-order chi connectivity index (χ0) is 10.4. The largest absolute Gasteiger partial charge is 0.383 e. The molecule has 0 aromatic rings. The molecule has 0 fully saturated rings. The highest BCUT2D eigenvalue weighted by molar-refractivity contribution is 5.93. The van der Waals surface area contributed by atoms with E-state index in [0.29, 0.717) is 6.61 Å². The predicted molar refractivity (Wildman–Crippen MR) is 50.1 cm³/mol. The fourth-order valence-corrected chi connectivity index (χ4v) is 0.854. The van der Waals surface area contributed by atoms with Crippen LogP contribution in [0.25, 0.3) is 0 Å². The van der Waals surface area contributed by atoms with E-state index in [2.05, 4.69) is 0 Å². The fourth-order valence-electron chi connectivity index (χ4n) is 0.854. The molecule has 4 heteroatoms. The summed E-state index contributed by atoms with van der Waals surface area (Å²) >= 11 is 0. The highest BCUT2D eigenvalue weighted by Gasteiger charge is 2.15. The van der Waals surface area contributed by atoms with Gasteiger partial charge < -0.3 is 14.7 Å². The maximum Gasteiger partial charge on any atom is 0.186 e. The van der Waals surface area contributed by atoms with Crippen LogP contribution in [0.1, 0.15) is 13.8 Å². The Kier molecular flexibility index (Phi) is 5.34. The number of nitrogens with zero attached hydrogens (tertiary/aromatic N) is 1. The Morgan fingerprint density at radius 2 is 2.15 bits per heavy atom. The topological polar surface area (TPSA) is 49.8 Å². The molecular weight excluding hydrogens is 170 g/mol. The Balaban J connectivity index is 4.51. The molecule has 13 heavy (non-hydrogen) atoms. The monoisotopic (exact) mass is 187 g/mol. The second-order valence-corrected chi connectivity index (χ2v) is 2.91. The van der Waals surface area contributed by atoms with Crippen molar-refractivity contribution in [1.82, 2.24) is 4.90 Å². The molecule has 0 rings (SSSR count). The number of ether oxygens (including phenoxy) is 1. The van der Waals surface area contributed by atoms with Gasteiger partial charge in [0.1, 0.15) is 0 Å². The van der Waals surface area contributed by atoms with E-state index in [1.165, 1.54) is 6.92 Å². The third-order valence-electron chi connectivity index (χ3n) is 1.39. The van der Waals surface area contributed by atoms with Crippen molar-refractivity contribution < 1.29 is 14.6 Å². The molecule has 0 aliphatic heterocycles. The lowest BCUT2D eigenvalue weighted by atomic mass is 10.2. The Labute approximate surface area is 78.8 Å². The van der Waals surface area contributed by atoms with Crippen molar-refractivity contribution in [2.45, 2.75) is 20.1 Å². The number of carbonyl (C=O) groups is 1. The minimum atomic E-state index is -1.12. The molecule has 0 heterocycles. The number of hydrogen-bond acceptors (Lipinski definition) is 4. The first kappa shape index (κ1) is 12.1. The minimum Gasteiger partial charge on any atom is -0.383 e. The molecule has 0 aromatic carbocycles. The van der Waals surface area contributed by atoms with E-state index in [4.69, 9.17) is 4.74 Å². The molecular formula is C9H17NO3. The Morgan fingerprint density at radius 3 is 2.46 bits per heavy atom. The second-order valence-electron chi connectivity index (χ2n) is 2.91. The fraction of sp³-hybridized carbons (Fsp3) is 0.667. The average Bonchev–Trinajstić information content (AvgIpc) is 1.99. The number of Topliss-reactive ketones (excluding diaryl/α,β-unsaturated/α-hetero) is 1. The molecule has 1 N–H and O–H groups in total. The van der Waals surface area contributed by atoms with Crippen LogP contribution in [0.15, 0.2) is 11.8 Å². The molecule has 0 aliphatic rings. The van der Waals surface area contributed by atoms with E-state index >= 15 is 0 Å². The van der Waals surface area contributed by atoms with Crippen LogP contribution < -0.4 is 0 Å². The summed E-state index contributed by atoms with van der Waals surface area (Å²) in [7, 11) is 3.56. The van der Waals surface area contributed by atoms with Crippen molar-refractivity contribution in [2.24, 2.45) is 0 Å². The van der Waals surface area contributed by atoms with Gasteiger partial charge in [0.15, 0.2) is 12.1 Å². The average molecular weight is 187 g/mol. The first-order chi connectivity index (χ1) is 5.99. The van der Waals surface area contributed by atoms with E-state index < -0.39 is 6.29 Å². The molecule has 0 spiro atoms. The van der Waals surface area contributed by atoms with Gasteiger partial charge in [-0.2, -0.15) is 0 Å². The van der Waals surface area contributed by atoms with Crippen molar-refractivity contribution in [3.8, 4) is 0 Å². The minimum absolute atomic E-state index is 0.186. The van der Waals surface area contributed by atoms with Crippen LogP contribution in [0, 0.1) is 0 Å². The van der Waals surface area contributed by atoms with Crippen LogP contribution in [0.3, 0.4) is 0 Å². The van der Waals surface area contributed by atoms with Crippen molar-refractivity contribution in [3.63, 3.8) is 0 Å². The van der Waals surface area contributed by atoms with Gasteiger partial charge in [0.2, 0.25) is 0 Å². The smallest absolute Gasteiger partial charge is 0.186 e. The van der Waals surface area contributed by atoms with E-state index in [9.17, 15) is 9.90 Å². The molecule has 0 radical (unpaired) electrons. The van der Waals surface area contributed by atoms with Crippen molar-refractivity contribution in [2.75, 3.05) is 20.7 Å². The van der Waals surface area contributed by atoms with Crippen LogP contribution in [0.4, 0.5) is 0 Å². The first-order valence-corrected chi connectivity index (χ1v) is 4.17. The zero-order valence-corrected chi connectivity index (χ0v) is 8.57. The molecule has 76 valence electrons. The van der Waals surface area contributed by atoms with Crippen LogP contribution >= 0.6 is 0 Å². The van der Waals surface area contributed by atoms with Gasteiger partial charge >= 0.3 is 0 Å². The summed E-state index contributed by atoms with van der Waals surface area (Å²) in [6.07, 6.45) is 0.438. The number of aliphatic hydroxyl groups excluding tert-OH is 1. The third-order valence-corrected chi connectivity index (χ3v) is 1.39. The predicted octanol–water partition coefficient (Wildman–Crippen LogP) is 0.376. The number of carbonyl (C=O) groups excluding carboxylic acids is 1. The second kappa shape index (κ2) is 5.72. The summed E-state index contributed by atoms with van der Waals surface area (Å²) in [5, 5.41) is 9.39. The molecule has 1 unspecified atom stereocenters. The number of rotatable bonds is 5.